The molecular formula is C8H9BrS. The molecule has 0 saturated carbocycles. The van der Waals surface area contributed by atoms with Crippen molar-refractivity contribution < 1.29 is 0 Å². The summed E-state index contributed by atoms with van der Waals surface area (Å²) in [5.74, 6) is 0.918. The Morgan fingerprint density at radius 1 is 1.20 bits per heavy atom. The lowest BCUT2D eigenvalue weighted by Gasteiger charge is -1.96. The van der Waals surface area contributed by atoms with E-state index >= 15 is 0 Å². The zero-order valence-corrected chi connectivity index (χ0v) is 8.03. The molecular weight excluding hydrogens is 208 g/mol. The standard InChI is InChI=1S/C8H9BrS/c9-8-3-1-7(2-4-8)5-6-10/h1-4,10H,5-6H2. The summed E-state index contributed by atoms with van der Waals surface area (Å²) in [6, 6.07) is 8.33. The third kappa shape index (κ3) is 2.35. The number of hydrogen-bond donors (Lipinski definition) is 1. The Balaban J connectivity index is 2.69. The average molecular weight is 217 g/mol. The highest BCUT2D eigenvalue weighted by Crippen LogP contribution is 2.10. The van der Waals surface area contributed by atoms with Gasteiger partial charge in [-0.05, 0) is 29.9 Å². The highest BCUT2D eigenvalue weighted by atomic mass is 79.9. The van der Waals surface area contributed by atoms with Crippen molar-refractivity contribution in [2.75, 3.05) is 5.75 Å². The summed E-state index contributed by atoms with van der Waals surface area (Å²) in [4.78, 5) is 0. The van der Waals surface area contributed by atoms with Crippen molar-refractivity contribution in [2.45, 2.75) is 6.42 Å². The van der Waals surface area contributed by atoms with Gasteiger partial charge in [-0.3, -0.25) is 0 Å². The second-order valence-electron chi connectivity index (χ2n) is 2.10. The third-order valence-corrected chi connectivity index (χ3v) is 2.07. The molecule has 54 valence electrons. The van der Waals surface area contributed by atoms with Gasteiger partial charge in [0.05, 0.1) is 0 Å². The van der Waals surface area contributed by atoms with Gasteiger partial charge in [0.2, 0.25) is 0 Å². The molecule has 0 unspecified atom stereocenters. The van der Waals surface area contributed by atoms with Crippen LogP contribution in [-0.4, -0.2) is 5.75 Å². The summed E-state index contributed by atoms with van der Waals surface area (Å²) in [7, 11) is 0. The fraction of sp³-hybridized carbons (Fsp3) is 0.250. The number of thiol groups is 1. The molecule has 0 aliphatic carbocycles. The quantitative estimate of drug-likeness (QED) is 0.723. The summed E-state index contributed by atoms with van der Waals surface area (Å²) in [6.07, 6.45) is 1.05. The molecule has 2 heteroatoms. The summed E-state index contributed by atoms with van der Waals surface area (Å²) in [5, 5.41) is 0. The van der Waals surface area contributed by atoms with Gasteiger partial charge in [-0.15, -0.1) is 0 Å². The van der Waals surface area contributed by atoms with E-state index in [4.69, 9.17) is 0 Å². The predicted octanol–water partition coefficient (Wildman–Crippen LogP) is 2.92. The fourth-order valence-electron chi connectivity index (χ4n) is 0.780. The lowest BCUT2D eigenvalue weighted by atomic mass is 10.2. The van der Waals surface area contributed by atoms with Crippen LogP contribution in [0.15, 0.2) is 28.7 Å². The normalized spacial score (nSPS) is 9.80. The average Bonchev–Trinajstić information content (AvgIpc) is 1.95. The SMILES string of the molecule is SCCc1ccc(Br)cc1. The monoisotopic (exact) mass is 216 g/mol. The molecule has 0 saturated heterocycles. The van der Waals surface area contributed by atoms with Crippen LogP contribution in [0.25, 0.3) is 0 Å². The summed E-state index contributed by atoms with van der Waals surface area (Å²) in [5.41, 5.74) is 1.35. The minimum atomic E-state index is 0.918. The van der Waals surface area contributed by atoms with Crippen molar-refractivity contribution in [3.05, 3.63) is 34.3 Å². The van der Waals surface area contributed by atoms with E-state index in [-0.39, 0.29) is 0 Å². The Kier molecular flexibility index (Phi) is 3.29. The predicted molar refractivity (Wildman–Crippen MR) is 51.7 cm³/mol. The first-order valence-electron chi connectivity index (χ1n) is 3.18. The lowest BCUT2D eigenvalue weighted by Crippen LogP contribution is -1.83. The largest absolute Gasteiger partial charge is 0.179 e. The van der Waals surface area contributed by atoms with E-state index in [1.807, 2.05) is 0 Å². The zero-order chi connectivity index (χ0) is 7.40. The van der Waals surface area contributed by atoms with Gasteiger partial charge in [0.1, 0.15) is 0 Å². The Labute approximate surface area is 75.2 Å². The van der Waals surface area contributed by atoms with Crippen LogP contribution in [0.4, 0.5) is 0 Å². The van der Waals surface area contributed by atoms with Crippen molar-refractivity contribution in [3.63, 3.8) is 0 Å². The molecule has 0 N–H and O–H groups in total. The first kappa shape index (κ1) is 8.15. The van der Waals surface area contributed by atoms with Gasteiger partial charge >= 0.3 is 0 Å². The molecule has 0 aromatic heterocycles. The smallest absolute Gasteiger partial charge is 0.0175 e. The molecule has 0 fully saturated rings. The van der Waals surface area contributed by atoms with Gasteiger partial charge in [0, 0.05) is 4.47 Å². The van der Waals surface area contributed by atoms with Crippen molar-refractivity contribution in [1.29, 1.82) is 0 Å². The fourth-order valence-corrected chi connectivity index (χ4v) is 1.30. The van der Waals surface area contributed by atoms with Crippen molar-refractivity contribution in [1.82, 2.24) is 0 Å². The lowest BCUT2D eigenvalue weighted by molar-refractivity contribution is 1.16. The molecule has 0 radical (unpaired) electrons. The molecule has 0 atom stereocenters. The van der Waals surface area contributed by atoms with Crippen LogP contribution in [0.1, 0.15) is 5.56 Å². The molecule has 0 spiro atoms. The van der Waals surface area contributed by atoms with E-state index in [0.717, 1.165) is 16.6 Å². The van der Waals surface area contributed by atoms with Crippen molar-refractivity contribution in [2.24, 2.45) is 0 Å². The summed E-state index contributed by atoms with van der Waals surface area (Å²) >= 11 is 7.52. The second kappa shape index (κ2) is 4.04. The highest BCUT2D eigenvalue weighted by Gasteiger charge is 1.89. The number of aryl methyl sites for hydroxylation is 1. The van der Waals surface area contributed by atoms with E-state index in [1.165, 1.54) is 5.56 Å². The van der Waals surface area contributed by atoms with Crippen LogP contribution < -0.4 is 0 Å². The molecule has 0 amide bonds. The van der Waals surface area contributed by atoms with Crippen LogP contribution >= 0.6 is 28.6 Å². The molecule has 0 nitrogen and oxygen atoms in total. The van der Waals surface area contributed by atoms with Crippen LogP contribution in [0.5, 0.6) is 0 Å². The Morgan fingerprint density at radius 3 is 2.30 bits per heavy atom. The van der Waals surface area contributed by atoms with Gasteiger partial charge < -0.3 is 0 Å². The second-order valence-corrected chi connectivity index (χ2v) is 3.46. The molecule has 1 rings (SSSR count). The van der Waals surface area contributed by atoms with Gasteiger partial charge in [-0.2, -0.15) is 12.6 Å². The number of rotatable bonds is 2. The minimum absolute atomic E-state index is 0.918. The molecule has 0 bridgehead atoms. The topological polar surface area (TPSA) is 0 Å². The maximum absolute atomic E-state index is 4.15. The molecule has 1 aromatic rings. The highest BCUT2D eigenvalue weighted by molar-refractivity contribution is 9.10. The van der Waals surface area contributed by atoms with Gasteiger partial charge in [0.15, 0.2) is 0 Å². The minimum Gasteiger partial charge on any atom is -0.179 e. The first-order chi connectivity index (χ1) is 4.83. The van der Waals surface area contributed by atoms with Crippen LogP contribution in [0.2, 0.25) is 0 Å². The maximum atomic E-state index is 4.15. The van der Waals surface area contributed by atoms with E-state index < -0.39 is 0 Å². The Morgan fingerprint density at radius 2 is 1.80 bits per heavy atom. The molecule has 0 heterocycles. The van der Waals surface area contributed by atoms with Gasteiger partial charge in [0.25, 0.3) is 0 Å². The van der Waals surface area contributed by atoms with E-state index in [0.29, 0.717) is 0 Å². The van der Waals surface area contributed by atoms with Crippen LogP contribution in [0, 0.1) is 0 Å². The zero-order valence-electron chi connectivity index (χ0n) is 5.55. The third-order valence-electron chi connectivity index (χ3n) is 1.31. The Bertz CT molecular complexity index is 193. The molecule has 1 aromatic carbocycles. The van der Waals surface area contributed by atoms with Gasteiger partial charge in [-0.25, -0.2) is 0 Å². The van der Waals surface area contributed by atoms with Crippen LogP contribution in [-0.2, 0) is 6.42 Å². The number of halogens is 1. The number of hydrogen-bond acceptors (Lipinski definition) is 1. The van der Waals surface area contributed by atoms with E-state index in [1.54, 1.807) is 0 Å². The van der Waals surface area contributed by atoms with Crippen molar-refractivity contribution in [3.8, 4) is 0 Å². The summed E-state index contributed by atoms with van der Waals surface area (Å²) in [6.45, 7) is 0. The maximum Gasteiger partial charge on any atom is 0.0175 e. The van der Waals surface area contributed by atoms with Crippen LogP contribution in [0.3, 0.4) is 0 Å². The van der Waals surface area contributed by atoms with Gasteiger partial charge in [-0.1, -0.05) is 28.1 Å². The van der Waals surface area contributed by atoms with E-state index in [9.17, 15) is 0 Å². The van der Waals surface area contributed by atoms with E-state index in [2.05, 4.69) is 52.8 Å². The molecule has 0 aliphatic heterocycles. The molecule has 0 aliphatic rings. The summed E-state index contributed by atoms with van der Waals surface area (Å²) < 4.78 is 1.13. The number of benzene rings is 1. The Hall–Kier alpha value is 0.0500. The molecule has 10 heavy (non-hydrogen) atoms. The first-order valence-corrected chi connectivity index (χ1v) is 4.61. The van der Waals surface area contributed by atoms with Crippen molar-refractivity contribution >= 4 is 28.6 Å².